The molecule has 98 valence electrons. The van der Waals surface area contributed by atoms with E-state index in [0.29, 0.717) is 18.2 Å². The largest absolute Gasteiger partial charge is 0.480 e. The van der Waals surface area contributed by atoms with E-state index in [9.17, 15) is 9.59 Å². The fourth-order valence-corrected chi connectivity index (χ4v) is 1.98. The summed E-state index contributed by atoms with van der Waals surface area (Å²) in [5.74, 6) is 0.110. The van der Waals surface area contributed by atoms with Crippen LogP contribution in [0.2, 0.25) is 0 Å². The Balaban J connectivity index is 1.75. The molecule has 1 aliphatic rings. The standard InChI is InChI=1S/C12H17N3O3/c16-11(5-4-9-2-1-3-9)13-10-6-7-15(14-10)8-12(17)18/h6-7,9H,1-5,8H2,(H,17,18)(H,13,14,16). The van der Waals surface area contributed by atoms with Gasteiger partial charge in [-0.3, -0.25) is 14.3 Å². The summed E-state index contributed by atoms with van der Waals surface area (Å²) in [5.41, 5.74) is 0. The number of carboxylic acids is 1. The lowest BCUT2D eigenvalue weighted by Crippen LogP contribution is -2.17. The lowest BCUT2D eigenvalue weighted by Gasteiger charge is -2.24. The van der Waals surface area contributed by atoms with Crippen LogP contribution in [-0.4, -0.2) is 26.8 Å². The first-order chi connectivity index (χ1) is 8.63. The average molecular weight is 251 g/mol. The SMILES string of the molecule is O=C(O)Cn1ccc(NC(=O)CCC2CCC2)n1. The zero-order chi connectivity index (χ0) is 13.0. The van der Waals surface area contributed by atoms with Crippen LogP contribution >= 0.6 is 0 Å². The third-order valence-electron chi connectivity index (χ3n) is 3.21. The molecule has 0 bridgehead atoms. The quantitative estimate of drug-likeness (QED) is 0.802. The second-order valence-electron chi connectivity index (χ2n) is 4.68. The summed E-state index contributed by atoms with van der Waals surface area (Å²) in [7, 11) is 0. The van der Waals surface area contributed by atoms with E-state index >= 15 is 0 Å². The van der Waals surface area contributed by atoms with E-state index < -0.39 is 5.97 Å². The molecule has 1 aliphatic carbocycles. The summed E-state index contributed by atoms with van der Waals surface area (Å²) >= 11 is 0. The van der Waals surface area contributed by atoms with Gasteiger partial charge in [0, 0.05) is 18.7 Å². The molecule has 1 amide bonds. The molecule has 1 saturated carbocycles. The molecule has 0 saturated heterocycles. The summed E-state index contributed by atoms with van der Waals surface area (Å²) < 4.78 is 1.28. The Hall–Kier alpha value is -1.85. The zero-order valence-electron chi connectivity index (χ0n) is 10.1. The molecule has 6 nitrogen and oxygen atoms in total. The molecular formula is C12H17N3O3. The number of aromatic nitrogens is 2. The summed E-state index contributed by atoms with van der Waals surface area (Å²) in [5, 5.41) is 15.2. The van der Waals surface area contributed by atoms with Gasteiger partial charge in [0.1, 0.15) is 6.54 Å². The van der Waals surface area contributed by atoms with E-state index in [1.165, 1.54) is 30.1 Å². The zero-order valence-corrected chi connectivity index (χ0v) is 10.1. The molecule has 0 spiro atoms. The highest BCUT2D eigenvalue weighted by Crippen LogP contribution is 2.30. The number of rotatable bonds is 6. The predicted octanol–water partition coefficient (Wildman–Crippen LogP) is 1.49. The smallest absolute Gasteiger partial charge is 0.325 e. The first kappa shape index (κ1) is 12.6. The van der Waals surface area contributed by atoms with Gasteiger partial charge in [-0.1, -0.05) is 19.3 Å². The molecule has 6 heteroatoms. The summed E-state index contributed by atoms with van der Waals surface area (Å²) in [6.45, 7) is -0.196. The number of amides is 1. The van der Waals surface area contributed by atoms with Gasteiger partial charge in [0.2, 0.25) is 5.91 Å². The lowest BCUT2D eigenvalue weighted by molar-refractivity contribution is -0.137. The number of hydrogen-bond acceptors (Lipinski definition) is 3. The Morgan fingerprint density at radius 2 is 2.28 bits per heavy atom. The van der Waals surface area contributed by atoms with Crippen molar-refractivity contribution in [3.05, 3.63) is 12.3 Å². The van der Waals surface area contributed by atoms with E-state index in [4.69, 9.17) is 5.11 Å². The second-order valence-corrected chi connectivity index (χ2v) is 4.68. The number of nitrogens with one attached hydrogen (secondary N) is 1. The van der Waals surface area contributed by atoms with Crippen molar-refractivity contribution in [2.75, 3.05) is 5.32 Å². The van der Waals surface area contributed by atoms with Crippen LogP contribution in [0.25, 0.3) is 0 Å². The molecule has 1 fully saturated rings. The van der Waals surface area contributed by atoms with Crippen LogP contribution in [0.15, 0.2) is 12.3 Å². The Morgan fingerprint density at radius 1 is 1.50 bits per heavy atom. The van der Waals surface area contributed by atoms with Crippen LogP contribution in [0, 0.1) is 5.92 Å². The lowest BCUT2D eigenvalue weighted by atomic mass is 9.82. The van der Waals surface area contributed by atoms with Gasteiger partial charge in [-0.15, -0.1) is 0 Å². The van der Waals surface area contributed by atoms with Gasteiger partial charge in [-0.25, -0.2) is 0 Å². The number of aliphatic carboxylic acids is 1. The summed E-state index contributed by atoms with van der Waals surface area (Å²) in [6.07, 6.45) is 6.74. The first-order valence-corrected chi connectivity index (χ1v) is 6.18. The third kappa shape index (κ3) is 3.58. The Morgan fingerprint density at radius 3 is 2.89 bits per heavy atom. The maximum atomic E-state index is 11.6. The van der Waals surface area contributed by atoms with E-state index in [2.05, 4.69) is 10.4 Å². The molecule has 1 aromatic heterocycles. The van der Waals surface area contributed by atoms with Gasteiger partial charge in [0.15, 0.2) is 5.82 Å². The van der Waals surface area contributed by atoms with Crippen molar-refractivity contribution in [3.63, 3.8) is 0 Å². The topological polar surface area (TPSA) is 84.2 Å². The molecule has 1 heterocycles. The van der Waals surface area contributed by atoms with Crippen molar-refractivity contribution in [2.24, 2.45) is 5.92 Å². The van der Waals surface area contributed by atoms with Crippen LogP contribution in [0.3, 0.4) is 0 Å². The van der Waals surface area contributed by atoms with Crippen LogP contribution in [0.5, 0.6) is 0 Å². The van der Waals surface area contributed by atoms with Gasteiger partial charge in [0.05, 0.1) is 0 Å². The molecule has 0 aliphatic heterocycles. The highest BCUT2D eigenvalue weighted by Gasteiger charge is 2.18. The molecule has 0 atom stereocenters. The minimum atomic E-state index is -0.957. The van der Waals surface area contributed by atoms with Gasteiger partial charge in [-0.05, 0) is 12.3 Å². The van der Waals surface area contributed by atoms with Crippen molar-refractivity contribution < 1.29 is 14.7 Å². The molecule has 2 N–H and O–H groups in total. The number of carbonyl (C=O) groups excluding carboxylic acids is 1. The number of hydrogen-bond donors (Lipinski definition) is 2. The van der Waals surface area contributed by atoms with Crippen LogP contribution in [-0.2, 0) is 16.1 Å². The van der Waals surface area contributed by atoms with Gasteiger partial charge >= 0.3 is 5.97 Å². The molecule has 2 rings (SSSR count). The normalized spacial score (nSPS) is 15.1. The monoisotopic (exact) mass is 251 g/mol. The minimum Gasteiger partial charge on any atom is -0.480 e. The first-order valence-electron chi connectivity index (χ1n) is 6.18. The molecule has 1 aromatic rings. The molecule has 0 aromatic carbocycles. The van der Waals surface area contributed by atoms with Crippen molar-refractivity contribution in [2.45, 2.75) is 38.6 Å². The minimum absolute atomic E-state index is 0.0533. The Kier molecular flexibility index (Phi) is 3.96. The van der Waals surface area contributed by atoms with E-state index in [1.807, 2.05) is 0 Å². The molecule has 0 radical (unpaired) electrons. The van der Waals surface area contributed by atoms with Crippen molar-refractivity contribution >= 4 is 17.7 Å². The van der Waals surface area contributed by atoms with Gasteiger partial charge in [0.25, 0.3) is 0 Å². The Bertz CT molecular complexity index is 438. The van der Waals surface area contributed by atoms with E-state index in [0.717, 1.165) is 6.42 Å². The van der Waals surface area contributed by atoms with Crippen molar-refractivity contribution in [1.29, 1.82) is 0 Å². The van der Waals surface area contributed by atoms with Gasteiger partial charge in [-0.2, -0.15) is 5.10 Å². The number of nitrogens with zero attached hydrogens (tertiary/aromatic N) is 2. The summed E-state index contributed by atoms with van der Waals surface area (Å²) in [4.78, 5) is 22.1. The second kappa shape index (κ2) is 5.66. The van der Waals surface area contributed by atoms with Crippen LogP contribution in [0.1, 0.15) is 32.1 Å². The number of carboxylic acid groups (broad SMARTS) is 1. The number of anilines is 1. The Labute approximate surface area is 105 Å². The van der Waals surface area contributed by atoms with Gasteiger partial charge < -0.3 is 10.4 Å². The third-order valence-corrected chi connectivity index (χ3v) is 3.21. The average Bonchev–Trinajstić information content (AvgIpc) is 2.62. The summed E-state index contributed by atoms with van der Waals surface area (Å²) in [6, 6.07) is 1.60. The van der Waals surface area contributed by atoms with Crippen LogP contribution in [0.4, 0.5) is 5.82 Å². The van der Waals surface area contributed by atoms with E-state index in [-0.39, 0.29) is 12.5 Å². The molecular weight excluding hydrogens is 234 g/mol. The highest BCUT2D eigenvalue weighted by atomic mass is 16.4. The van der Waals surface area contributed by atoms with Crippen molar-refractivity contribution in [3.8, 4) is 0 Å². The maximum absolute atomic E-state index is 11.6. The fraction of sp³-hybridized carbons (Fsp3) is 0.583. The fourth-order valence-electron chi connectivity index (χ4n) is 1.98. The van der Waals surface area contributed by atoms with E-state index in [1.54, 1.807) is 6.07 Å². The molecule has 18 heavy (non-hydrogen) atoms. The highest BCUT2D eigenvalue weighted by molar-refractivity contribution is 5.89. The predicted molar refractivity (Wildman–Crippen MR) is 65.1 cm³/mol. The molecule has 0 unspecified atom stereocenters. The van der Waals surface area contributed by atoms with Crippen LogP contribution < -0.4 is 5.32 Å². The van der Waals surface area contributed by atoms with Crippen molar-refractivity contribution in [1.82, 2.24) is 9.78 Å². The maximum Gasteiger partial charge on any atom is 0.325 e. The number of carbonyl (C=O) groups is 2.